The van der Waals surface area contributed by atoms with Crippen molar-refractivity contribution in [2.45, 2.75) is 39.2 Å². The maximum absolute atomic E-state index is 12.4. The van der Waals surface area contributed by atoms with Gasteiger partial charge >= 0.3 is 0 Å². The number of pyridine rings is 1. The highest BCUT2D eigenvalue weighted by atomic mass is 32.2. The molecule has 1 saturated heterocycles. The van der Waals surface area contributed by atoms with Crippen LogP contribution in [0, 0.1) is 6.92 Å². The summed E-state index contributed by atoms with van der Waals surface area (Å²) in [5.41, 5.74) is 2.04. The summed E-state index contributed by atoms with van der Waals surface area (Å²) in [6.45, 7) is 4.55. The number of sulfonamides is 1. The Morgan fingerprint density at radius 1 is 1.40 bits per heavy atom. The highest BCUT2D eigenvalue weighted by molar-refractivity contribution is 7.89. The largest absolute Gasteiger partial charge is 0.350 e. The quantitative estimate of drug-likeness (QED) is 0.873. The summed E-state index contributed by atoms with van der Waals surface area (Å²) in [4.78, 5) is 16.5. The second kappa shape index (κ2) is 7.13. The Bertz CT molecular complexity index is 875. The molecule has 7 nitrogen and oxygen atoms in total. The second-order valence-electron chi connectivity index (χ2n) is 6.62. The molecule has 0 aliphatic carbocycles. The normalized spacial score (nSPS) is 19.2. The van der Waals surface area contributed by atoms with Crippen molar-refractivity contribution in [1.29, 1.82) is 0 Å². The molecule has 8 heteroatoms. The predicted molar refractivity (Wildman–Crippen MR) is 96.1 cm³/mol. The Balaban J connectivity index is 1.59. The highest BCUT2D eigenvalue weighted by Gasteiger charge is 2.29. The van der Waals surface area contributed by atoms with E-state index in [2.05, 4.69) is 10.3 Å². The van der Waals surface area contributed by atoms with Gasteiger partial charge in [-0.1, -0.05) is 6.42 Å². The Labute approximate surface area is 148 Å². The third-order valence-corrected chi connectivity index (χ3v) is 6.57. The van der Waals surface area contributed by atoms with Crippen LogP contribution in [0.5, 0.6) is 0 Å². The number of piperidine rings is 1. The molecular formula is C17H24N4O3S. The minimum absolute atomic E-state index is 0.0381. The lowest BCUT2D eigenvalue weighted by Gasteiger charge is -2.32. The number of imidazole rings is 1. The van der Waals surface area contributed by atoms with Gasteiger partial charge in [0, 0.05) is 31.5 Å². The molecule has 2 aromatic rings. The molecule has 0 saturated carbocycles. The van der Waals surface area contributed by atoms with Crippen molar-refractivity contribution in [3.8, 4) is 0 Å². The van der Waals surface area contributed by atoms with Crippen LogP contribution in [0.2, 0.25) is 0 Å². The Hall–Kier alpha value is -1.93. The standard InChI is InChI=1S/C17H24N4O3S/c1-13-6-9-20-12-15(19-16(20)11-13)17(22)18-7-10-25(23,24)21-8-4-3-5-14(21)2/h6,9,11-12,14H,3-5,7-8,10H2,1-2H3,(H,18,22)/t14-/m0/s1. The molecule has 3 rings (SSSR count). The lowest BCUT2D eigenvalue weighted by molar-refractivity contribution is 0.0951. The van der Waals surface area contributed by atoms with E-state index in [1.165, 1.54) is 0 Å². The maximum Gasteiger partial charge on any atom is 0.271 e. The topological polar surface area (TPSA) is 83.8 Å². The first-order chi connectivity index (χ1) is 11.9. The van der Waals surface area contributed by atoms with Gasteiger partial charge in [0.2, 0.25) is 10.0 Å². The first-order valence-electron chi connectivity index (χ1n) is 8.60. The van der Waals surface area contributed by atoms with Crippen LogP contribution in [0.4, 0.5) is 0 Å². The van der Waals surface area contributed by atoms with Gasteiger partial charge in [0.05, 0.1) is 5.75 Å². The first kappa shape index (κ1) is 17.9. The van der Waals surface area contributed by atoms with Gasteiger partial charge in [-0.15, -0.1) is 0 Å². The van der Waals surface area contributed by atoms with E-state index in [1.54, 1.807) is 14.9 Å². The molecule has 1 atom stereocenters. The summed E-state index contributed by atoms with van der Waals surface area (Å²) in [5, 5.41) is 2.66. The molecule has 1 aliphatic rings. The van der Waals surface area contributed by atoms with Crippen molar-refractivity contribution >= 4 is 21.6 Å². The van der Waals surface area contributed by atoms with Gasteiger partial charge in [-0.3, -0.25) is 4.79 Å². The van der Waals surface area contributed by atoms with Gasteiger partial charge in [0.1, 0.15) is 11.3 Å². The molecule has 0 bridgehead atoms. The van der Waals surface area contributed by atoms with Gasteiger partial charge < -0.3 is 9.72 Å². The number of nitrogens with one attached hydrogen (secondary N) is 1. The molecule has 1 amide bonds. The average molecular weight is 364 g/mol. The predicted octanol–water partition coefficient (Wildman–Crippen LogP) is 1.58. The summed E-state index contributed by atoms with van der Waals surface area (Å²) in [6, 6.07) is 3.86. The number of hydrogen-bond donors (Lipinski definition) is 1. The summed E-state index contributed by atoms with van der Waals surface area (Å²) in [7, 11) is -3.35. The molecule has 0 unspecified atom stereocenters. The van der Waals surface area contributed by atoms with Gasteiger partial charge in [-0.05, 0) is 44.4 Å². The fourth-order valence-electron chi connectivity index (χ4n) is 3.18. The molecule has 25 heavy (non-hydrogen) atoms. The monoisotopic (exact) mass is 364 g/mol. The summed E-state index contributed by atoms with van der Waals surface area (Å²) >= 11 is 0. The third kappa shape index (κ3) is 4.01. The molecule has 1 N–H and O–H groups in total. The van der Waals surface area contributed by atoms with Gasteiger partial charge in [-0.2, -0.15) is 4.31 Å². The molecule has 1 aliphatic heterocycles. The number of carbonyl (C=O) groups is 1. The van der Waals surface area contributed by atoms with E-state index in [-0.39, 0.29) is 29.9 Å². The van der Waals surface area contributed by atoms with Crippen molar-refractivity contribution in [2.75, 3.05) is 18.8 Å². The van der Waals surface area contributed by atoms with E-state index in [0.717, 1.165) is 24.8 Å². The molecule has 3 heterocycles. The Morgan fingerprint density at radius 2 is 2.20 bits per heavy atom. The van der Waals surface area contributed by atoms with Crippen molar-refractivity contribution in [1.82, 2.24) is 19.0 Å². The number of aryl methyl sites for hydroxylation is 1. The molecule has 1 fully saturated rings. The Morgan fingerprint density at radius 3 is 2.96 bits per heavy atom. The van der Waals surface area contributed by atoms with E-state index in [4.69, 9.17) is 0 Å². The molecule has 0 radical (unpaired) electrons. The van der Waals surface area contributed by atoms with Crippen LogP contribution in [0.3, 0.4) is 0 Å². The van der Waals surface area contributed by atoms with Gasteiger partial charge in [-0.25, -0.2) is 13.4 Å². The minimum atomic E-state index is -3.35. The van der Waals surface area contributed by atoms with E-state index in [9.17, 15) is 13.2 Å². The molecule has 0 spiro atoms. The van der Waals surface area contributed by atoms with E-state index in [1.807, 2.05) is 32.2 Å². The maximum atomic E-state index is 12.4. The van der Waals surface area contributed by atoms with Gasteiger partial charge in [0.15, 0.2) is 0 Å². The molecule has 136 valence electrons. The zero-order valence-electron chi connectivity index (χ0n) is 14.6. The summed E-state index contributed by atoms with van der Waals surface area (Å²) in [5.74, 6) is -0.446. The fourth-order valence-corrected chi connectivity index (χ4v) is 4.84. The zero-order valence-corrected chi connectivity index (χ0v) is 15.4. The van der Waals surface area contributed by atoms with Crippen LogP contribution in [0.1, 0.15) is 42.2 Å². The van der Waals surface area contributed by atoms with E-state index < -0.39 is 10.0 Å². The highest BCUT2D eigenvalue weighted by Crippen LogP contribution is 2.20. The smallest absolute Gasteiger partial charge is 0.271 e. The van der Waals surface area contributed by atoms with Gasteiger partial charge in [0.25, 0.3) is 5.91 Å². The number of rotatable bonds is 5. The third-order valence-electron chi connectivity index (χ3n) is 4.59. The molecule has 0 aromatic carbocycles. The van der Waals surface area contributed by atoms with E-state index in [0.29, 0.717) is 12.2 Å². The minimum Gasteiger partial charge on any atom is -0.350 e. The molecule has 2 aromatic heterocycles. The lowest BCUT2D eigenvalue weighted by atomic mass is 10.1. The van der Waals surface area contributed by atoms with Crippen molar-refractivity contribution in [3.63, 3.8) is 0 Å². The SMILES string of the molecule is Cc1ccn2cc(C(=O)NCCS(=O)(=O)N3CCCC[C@@H]3C)nc2c1. The van der Waals surface area contributed by atoms with Crippen LogP contribution in [0.15, 0.2) is 24.5 Å². The second-order valence-corrected chi connectivity index (χ2v) is 8.66. The van der Waals surface area contributed by atoms with Crippen LogP contribution in [-0.4, -0.2) is 52.9 Å². The number of nitrogens with zero attached hydrogens (tertiary/aromatic N) is 3. The Kier molecular flexibility index (Phi) is 5.10. The number of fused-ring (bicyclic) bond motifs is 1. The van der Waals surface area contributed by atoms with E-state index >= 15 is 0 Å². The van der Waals surface area contributed by atoms with Crippen LogP contribution >= 0.6 is 0 Å². The number of amides is 1. The summed E-state index contributed by atoms with van der Waals surface area (Å²) < 4.78 is 28.2. The van der Waals surface area contributed by atoms with Crippen LogP contribution in [0.25, 0.3) is 5.65 Å². The average Bonchev–Trinajstić information content (AvgIpc) is 2.98. The number of aromatic nitrogens is 2. The van der Waals surface area contributed by atoms with Crippen molar-refractivity contribution < 1.29 is 13.2 Å². The lowest BCUT2D eigenvalue weighted by Crippen LogP contribution is -2.45. The first-order valence-corrected chi connectivity index (χ1v) is 10.2. The van der Waals surface area contributed by atoms with Crippen molar-refractivity contribution in [3.05, 3.63) is 35.8 Å². The zero-order chi connectivity index (χ0) is 18.0. The fraction of sp³-hybridized carbons (Fsp3) is 0.529. The van der Waals surface area contributed by atoms with Crippen molar-refractivity contribution in [2.24, 2.45) is 0 Å². The van der Waals surface area contributed by atoms with Crippen LogP contribution < -0.4 is 5.32 Å². The van der Waals surface area contributed by atoms with Crippen LogP contribution in [-0.2, 0) is 10.0 Å². The molecular weight excluding hydrogens is 340 g/mol. The number of carbonyl (C=O) groups excluding carboxylic acids is 1. The summed E-state index contributed by atoms with van der Waals surface area (Å²) in [6.07, 6.45) is 6.35. The number of hydrogen-bond acceptors (Lipinski definition) is 4.